The second-order valence-corrected chi connectivity index (χ2v) is 9.03. The topological polar surface area (TPSA) is 92.5 Å². The quantitative estimate of drug-likeness (QED) is 0.763. The molecule has 0 spiro atoms. The van der Waals surface area contributed by atoms with Gasteiger partial charge in [0.15, 0.2) is 0 Å². The molecular weight excluding hydrogens is 374 g/mol. The number of nitrogens with two attached hydrogens (primary N) is 1. The average molecular weight is 402 g/mol. The number of rotatable bonds is 6. The lowest BCUT2D eigenvalue weighted by molar-refractivity contribution is 0.0933. The molecule has 2 unspecified atom stereocenters. The Morgan fingerprint density at radius 3 is 2.42 bits per heavy atom. The van der Waals surface area contributed by atoms with Gasteiger partial charge in [-0.2, -0.15) is 4.31 Å². The molecule has 2 atom stereocenters. The zero-order valence-electron chi connectivity index (χ0n) is 15.1. The summed E-state index contributed by atoms with van der Waals surface area (Å²) in [6.45, 7) is 2.93. The van der Waals surface area contributed by atoms with E-state index in [4.69, 9.17) is 5.73 Å². The fraction of sp³-hybridized carbons (Fsp3) is 0.611. The third-order valence-electron chi connectivity index (χ3n) is 5.23. The maximum atomic E-state index is 12.8. The van der Waals surface area contributed by atoms with Crippen LogP contribution in [-0.4, -0.2) is 43.8 Å². The van der Waals surface area contributed by atoms with Gasteiger partial charge >= 0.3 is 0 Å². The van der Waals surface area contributed by atoms with Crippen LogP contribution in [0.15, 0.2) is 29.2 Å². The number of piperidine rings is 1. The van der Waals surface area contributed by atoms with E-state index in [0.29, 0.717) is 24.6 Å². The molecule has 2 aliphatic rings. The van der Waals surface area contributed by atoms with Crippen molar-refractivity contribution in [3.8, 4) is 0 Å². The van der Waals surface area contributed by atoms with E-state index in [1.807, 2.05) is 6.92 Å². The predicted octanol–water partition coefficient (Wildman–Crippen LogP) is 2.14. The molecule has 146 valence electrons. The van der Waals surface area contributed by atoms with Gasteiger partial charge in [-0.1, -0.05) is 6.42 Å². The minimum absolute atomic E-state index is 0. The molecule has 1 aliphatic heterocycles. The van der Waals surface area contributed by atoms with Gasteiger partial charge < -0.3 is 11.1 Å². The van der Waals surface area contributed by atoms with Gasteiger partial charge in [-0.15, -0.1) is 12.4 Å². The molecule has 1 heterocycles. The van der Waals surface area contributed by atoms with E-state index < -0.39 is 10.0 Å². The van der Waals surface area contributed by atoms with E-state index in [2.05, 4.69) is 5.32 Å². The SMILES string of the molecule is CC1CCCCN1S(=O)(=O)c1ccc(C(=O)NC(CN)C2CC2)cc1.Cl. The first-order valence-electron chi connectivity index (χ1n) is 9.06. The monoisotopic (exact) mass is 401 g/mol. The smallest absolute Gasteiger partial charge is 0.251 e. The Morgan fingerprint density at radius 2 is 1.88 bits per heavy atom. The van der Waals surface area contributed by atoms with Crippen molar-refractivity contribution in [3.05, 3.63) is 29.8 Å². The van der Waals surface area contributed by atoms with E-state index in [1.54, 1.807) is 16.4 Å². The van der Waals surface area contributed by atoms with Crippen LogP contribution >= 0.6 is 12.4 Å². The summed E-state index contributed by atoms with van der Waals surface area (Å²) < 4.78 is 27.2. The normalized spacial score (nSPS) is 22.3. The van der Waals surface area contributed by atoms with Crippen LogP contribution in [-0.2, 0) is 10.0 Å². The molecule has 0 bridgehead atoms. The van der Waals surface area contributed by atoms with Crippen molar-refractivity contribution in [2.45, 2.75) is 56.0 Å². The molecule has 8 heteroatoms. The Hall–Kier alpha value is -1.15. The highest BCUT2D eigenvalue weighted by Gasteiger charge is 2.32. The third kappa shape index (κ3) is 4.57. The Labute approximate surface area is 162 Å². The van der Waals surface area contributed by atoms with Crippen molar-refractivity contribution < 1.29 is 13.2 Å². The average Bonchev–Trinajstić information content (AvgIpc) is 3.45. The predicted molar refractivity (Wildman–Crippen MR) is 104 cm³/mol. The maximum Gasteiger partial charge on any atom is 0.251 e. The van der Waals surface area contributed by atoms with Crippen molar-refractivity contribution in [2.75, 3.05) is 13.1 Å². The minimum atomic E-state index is -3.50. The van der Waals surface area contributed by atoms with Gasteiger partial charge in [0, 0.05) is 30.7 Å². The van der Waals surface area contributed by atoms with Gasteiger partial charge in [-0.25, -0.2) is 8.42 Å². The van der Waals surface area contributed by atoms with Crippen molar-refractivity contribution in [2.24, 2.45) is 11.7 Å². The van der Waals surface area contributed by atoms with Crippen LogP contribution in [0.2, 0.25) is 0 Å². The molecule has 6 nitrogen and oxygen atoms in total. The Morgan fingerprint density at radius 1 is 1.23 bits per heavy atom. The molecule has 1 amide bonds. The summed E-state index contributed by atoms with van der Waals surface area (Å²) in [6.07, 6.45) is 5.06. The molecule has 3 N–H and O–H groups in total. The highest BCUT2D eigenvalue weighted by atomic mass is 35.5. The van der Waals surface area contributed by atoms with Gasteiger partial charge in [0.1, 0.15) is 0 Å². The van der Waals surface area contributed by atoms with Gasteiger partial charge in [0.25, 0.3) is 5.91 Å². The van der Waals surface area contributed by atoms with E-state index in [0.717, 1.165) is 32.1 Å². The Kier molecular flexibility index (Phi) is 7.07. The summed E-state index contributed by atoms with van der Waals surface area (Å²) in [5.74, 6) is 0.284. The first kappa shape index (κ1) is 21.2. The molecule has 1 aromatic carbocycles. The highest BCUT2D eigenvalue weighted by Crippen LogP contribution is 2.32. The van der Waals surface area contributed by atoms with Crippen LogP contribution in [0.25, 0.3) is 0 Å². The van der Waals surface area contributed by atoms with E-state index in [1.165, 1.54) is 12.1 Å². The fourth-order valence-corrected chi connectivity index (χ4v) is 5.16. The van der Waals surface area contributed by atoms with Gasteiger partial charge in [0.05, 0.1) is 4.90 Å². The largest absolute Gasteiger partial charge is 0.348 e. The third-order valence-corrected chi connectivity index (χ3v) is 7.25. The second kappa shape index (κ2) is 8.69. The lowest BCUT2D eigenvalue weighted by Gasteiger charge is -2.32. The zero-order chi connectivity index (χ0) is 18.0. The second-order valence-electron chi connectivity index (χ2n) is 7.14. The molecule has 0 radical (unpaired) electrons. The number of halogens is 1. The summed E-state index contributed by atoms with van der Waals surface area (Å²) >= 11 is 0. The lowest BCUT2D eigenvalue weighted by Crippen LogP contribution is -2.42. The summed E-state index contributed by atoms with van der Waals surface area (Å²) in [6, 6.07) is 6.24. The number of nitrogens with zero attached hydrogens (tertiary/aromatic N) is 1. The Balaban J connectivity index is 0.00000243. The van der Waals surface area contributed by atoms with Crippen LogP contribution in [0.1, 0.15) is 49.4 Å². The molecule has 26 heavy (non-hydrogen) atoms. The molecule has 1 saturated carbocycles. The van der Waals surface area contributed by atoms with Crippen LogP contribution in [0.3, 0.4) is 0 Å². The standard InChI is InChI=1S/C18H27N3O3S.ClH/c1-13-4-2-3-11-21(13)25(23,24)16-9-7-15(8-10-16)18(22)20-17(12-19)14-5-6-14;/h7-10,13-14,17H,2-6,11-12,19H2,1H3,(H,20,22);1H. The molecule has 3 rings (SSSR count). The number of hydrogen-bond donors (Lipinski definition) is 2. The number of hydrogen-bond acceptors (Lipinski definition) is 4. The van der Waals surface area contributed by atoms with Crippen molar-refractivity contribution in [1.29, 1.82) is 0 Å². The van der Waals surface area contributed by atoms with Crippen LogP contribution in [0, 0.1) is 5.92 Å². The van der Waals surface area contributed by atoms with E-state index >= 15 is 0 Å². The minimum Gasteiger partial charge on any atom is -0.348 e. The molecule has 2 fully saturated rings. The molecule has 1 aromatic rings. The maximum absolute atomic E-state index is 12.8. The number of sulfonamides is 1. The fourth-order valence-electron chi connectivity index (χ4n) is 3.46. The number of carbonyl (C=O) groups excluding carboxylic acids is 1. The van der Waals surface area contributed by atoms with Gasteiger partial charge in [0.2, 0.25) is 10.0 Å². The number of amides is 1. The first-order valence-corrected chi connectivity index (χ1v) is 10.5. The van der Waals surface area contributed by atoms with E-state index in [9.17, 15) is 13.2 Å². The lowest BCUT2D eigenvalue weighted by atomic mass is 10.1. The summed E-state index contributed by atoms with van der Waals surface area (Å²) in [7, 11) is -3.50. The van der Waals surface area contributed by atoms with Crippen LogP contribution in [0.5, 0.6) is 0 Å². The molecule has 0 aromatic heterocycles. The number of nitrogens with one attached hydrogen (secondary N) is 1. The van der Waals surface area contributed by atoms with Crippen LogP contribution in [0.4, 0.5) is 0 Å². The number of benzene rings is 1. The van der Waals surface area contributed by atoms with E-state index in [-0.39, 0.29) is 35.3 Å². The summed E-state index contributed by atoms with van der Waals surface area (Å²) in [5.41, 5.74) is 6.18. The van der Waals surface area contributed by atoms with Crippen molar-refractivity contribution in [3.63, 3.8) is 0 Å². The summed E-state index contributed by atoms with van der Waals surface area (Å²) in [4.78, 5) is 12.6. The number of carbonyl (C=O) groups is 1. The first-order chi connectivity index (χ1) is 11.9. The molecule has 1 saturated heterocycles. The zero-order valence-corrected chi connectivity index (χ0v) is 16.7. The van der Waals surface area contributed by atoms with Gasteiger partial charge in [-0.05, 0) is 62.8 Å². The van der Waals surface area contributed by atoms with Gasteiger partial charge in [-0.3, -0.25) is 4.79 Å². The molecule has 1 aliphatic carbocycles. The molecular formula is C18H28ClN3O3S. The van der Waals surface area contributed by atoms with Crippen molar-refractivity contribution >= 4 is 28.3 Å². The summed E-state index contributed by atoms with van der Waals surface area (Å²) in [5, 5.41) is 2.95. The van der Waals surface area contributed by atoms with Crippen molar-refractivity contribution in [1.82, 2.24) is 9.62 Å². The Bertz CT molecular complexity index is 720. The van der Waals surface area contributed by atoms with Crippen LogP contribution < -0.4 is 11.1 Å². The highest BCUT2D eigenvalue weighted by molar-refractivity contribution is 7.89.